The standard InChI is InChI=1S/C17H19FO4/c18-15-6-7-17(22-11-19)9-13(8-14(15)17)16(20)21-10-12-4-2-1-3-5-12/h1-5,11,13-15H,6-10H2/t13-,14+,15-,17-/m0/s1. The Labute approximate surface area is 128 Å². The van der Waals surface area contributed by atoms with E-state index in [0.29, 0.717) is 32.2 Å². The van der Waals surface area contributed by atoms with Gasteiger partial charge in [0.15, 0.2) is 0 Å². The van der Waals surface area contributed by atoms with Gasteiger partial charge in [-0.25, -0.2) is 4.39 Å². The summed E-state index contributed by atoms with van der Waals surface area (Å²) in [4.78, 5) is 22.9. The summed E-state index contributed by atoms with van der Waals surface area (Å²) in [6.07, 6.45) is 0.629. The molecule has 2 saturated carbocycles. The number of halogens is 1. The molecule has 0 bridgehead atoms. The van der Waals surface area contributed by atoms with Gasteiger partial charge in [-0.05, 0) is 24.8 Å². The third kappa shape index (κ3) is 2.72. The molecule has 5 heteroatoms. The van der Waals surface area contributed by atoms with Gasteiger partial charge >= 0.3 is 5.97 Å². The summed E-state index contributed by atoms with van der Waals surface area (Å²) in [5.74, 6) is -1.11. The molecule has 4 atom stereocenters. The fourth-order valence-corrected chi connectivity index (χ4v) is 3.84. The number of esters is 1. The van der Waals surface area contributed by atoms with Crippen LogP contribution in [-0.4, -0.2) is 24.2 Å². The first kappa shape index (κ1) is 15.0. The average Bonchev–Trinajstić information content (AvgIpc) is 3.04. The van der Waals surface area contributed by atoms with Crippen LogP contribution < -0.4 is 0 Å². The van der Waals surface area contributed by atoms with Crippen molar-refractivity contribution >= 4 is 12.4 Å². The molecule has 0 heterocycles. The number of hydrogen-bond donors (Lipinski definition) is 0. The summed E-state index contributed by atoms with van der Waals surface area (Å²) >= 11 is 0. The zero-order valence-electron chi connectivity index (χ0n) is 12.2. The number of ether oxygens (including phenoxy) is 2. The molecule has 0 aromatic heterocycles. The molecule has 0 saturated heterocycles. The van der Waals surface area contributed by atoms with Gasteiger partial charge in [0.2, 0.25) is 0 Å². The Kier molecular flexibility index (Phi) is 4.14. The second kappa shape index (κ2) is 6.07. The molecule has 1 aromatic carbocycles. The zero-order chi connectivity index (χ0) is 15.6. The lowest BCUT2D eigenvalue weighted by atomic mass is 9.94. The van der Waals surface area contributed by atoms with Gasteiger partial charge in [-0.3, -0.25) is 9.59 Å². The Hall–Kier alpha value is -1.91. The zero-order valence-corrected chi connectivity index (χ0v) is 12.2. The van der Waals surface area contributed by atoms with E-state index in [4.69, 9.17) is 9.47 Å². The second-order valence-corrected chi connectivity index (χ2v) is 6.17. The summed E-state index contributed by atoms with van der Waals surface area (Å²) in [7, 11) is 0. The van der Waals surface area contributed by atoms with Crippen molar-refractivity contribution in [3.63, 3.8) is 0 Å². The molecule has 22 heavy (non-hydrogen) atoms. The fourth-order valence-electron chi connectivity index (χ4n) is 3.84. The number of rotatable bonds is 5. The van der Waals surface area contributed by atoms with E-state index >= 15 is 0 Å². The van der Waals surface area contributed by atoms with Crippen LogP contribution in [0.2, 0.25) is 0 Å². The third-order valence-corrected chi connectivity index (χ3v) is 4.93. The van der Waals surface area contributed by atoms with Gasteiger partial charge in [0.1, 0.15) is 18.4 Å². The van der Waals surface area contributed by atoms with Crippen LogP contribution in [0.4, 0.5) is 4.39 Å². The normalized spacial score (nSPS) is 33.2. The average molecular weight is 306 g/mol. The molecule has 118 valence electrons. The highest BCUT2D eigenvalue weighted by Crippen LogP contribution is 2.53. The minimum absolute atomic E-state index is 0.210. The minimum atomic E-state index is -1.01. The number of fused-ring (bicyclic) bond motifs is 1. The highest BCUT2D eigenvalue weighted by Gasteiger charge is 2.58. The lowest BCUT2D eigenvalue weighted by Gasteiger charge is -2.27. The smallest absolute Gasteiger partial charge is 0.309 e. The van der Waals surface area contributed by atoms with Crippen LogP contribution in [0.15, 0.2) is 30.3 Å². The van der Waals surface area contributed by atoms with E-state index in [1.165, 1.54) is 0 Å². The van der Waals surface area contributed by atoms with Crippen LogP contribution in [0.1, 0.15) is 31.2 Å². The third-order valence-electron chi connectivity index (χ3n) is 4.93. The summed E-state index contributed by atoms with van der Waals surface area (Å²) in [5.41, 5.74) is 0.105. The molecule has 3 rings (SSSR count). The molecule has 2 aliphatic carbocycles. The van der Waals surface area contributed by atoms with Crippen molar-refractivity contribution in [2.45, 2.75) is 44.1 Å². The molecular formula is C17H19FO4. The van der Waals surface area contributed by atoms with Crippen molar-refractivity contribution in [1.29, 1.82) is 0 Å². The van der Waals surface area contributed by atoms with E-state index in [1.807, 2.05) is 30.3 Å². The van der Waals surface area contributed by atoms with Gasteiger partial charge in [0.25, 0.3) is 6.47 Å². The number of carbonyl (C=O) groups excluding carboxylic acids is 2. The molecule has 0 radical (unpaired) electrons. The number of hydrogen-bond acceptors (Lipinski definition) is 4. The fraction of sp³-hybridized carbons (Fsp3) is 0.529. The SMILES string of the molecule is O=CO[C@]12CC[C@H](F)[C@H]1C[C@H](C(=O)OCc1ccccc1)C2. The predicted molar refractivity (Wildman–Crippen MR) is 76.5 cm³/mol. The summed E-state index contributed by atoms with van der Waals surface area (Å²) in [6, 6.07) is 9.41. The largest absolute Gasteiger partial charge is 0.461 e. The molecular weight excluding hydrogens is 287 g/mol. The lowest BCUT2D eigenvalue weighted by molar-refractivity contribution is -0.153. The first-order valence-corrected chi connectivity index (χ1v) is 7.61. The molecule has 2 fully saturated rings. The molecule has 4 nitrogen and oxygen atoms in total. The Morgan fingerprint density at radius 2 is 2.14 bits per heavy atom. The highest BCUT2D eigenvalue weighted by molar-refractivity contribution is 5.73. The number of carbonyl (C=O) groups is 2. The molecule has 2 aliphatic rings. The van der Waals surface area contributed by atoms with Gasteiger partial charge in [0, 0.05) is 12.3 Å². The van der Waals surface area contributed by atoms with Crippen molar-refractivity contribution < 1.29 is 23.5 Å². The minimum Gasteiger partial charge on any atom is -0.461 e. The van der Waals surface area contributed by atoms with E-state index in [2.05, 4.69) is 0 Å². The Morgan fingerprint density at radius 1 is 1.36 bits per heavy atom. The van der Waals surface area contributed by atoms with Crippen molar-refractivity contribution in [3.05, 3.63) is 35.9 Å². The van der Waals surface area contributed by atoms with Crippen LogP contribution in [-0.2, 0) is 25.7 Å². The summed E-state index contributed by atoms with van der Waals surface area (Å²) in [6.45, 7) is 0.587. The van der Waals surface area contributed by atoms with Gasteiger partial charge in [-0.2, -0.15) is 0 Å². The lowest BCUT2D eigenvalue weighted by Crippen LogP contribution is -2.34. The monoisotopic (exact) mass is 306 g/mol. The van der Waals surface area contributed by atoms with E-state index < -0.39 is 17.7 Å². The Morgan fingerprint density at radius 3 is 2.86 bits per heavy atom. The molecule has 0 unspecified atom stereocenters. The summed E-state index contributed by atoms with van der Waals surface area (Å²) < 4.78 is 24.5. The number of alkyl halides is 1. The maximum atomic E-state index is 14.0. The topological polar surface area (TPSA) is 52.6 Å². The van der Waals surface area contributed by atoms with Gasteiger partial charge < -0.3 is 9.47 Å². The molecule has 0 spiro atoms. The summed E-state index contributed by atoms with van der Waals surface area (Å²) in [5, 5.41) is 0. The van der Waals surface area contributed by atoms with Gasteiger partial charge in [-0.1, -0.05) is 30.3 Å². The van der Waals surface area contributed by atoms with Crippen LogP contribution in [0.5, 0.6) is 0 Å². The Balaban J connectivity index is 1.61. The van der Waals surface area contributed by atoms with Gasteiger partial charge in [-0.15, -0.1) is 0 Å². The molecule has 0 aliphatic heterocycles. The molecule has 0 amide bonds. The molecule has 1 aromatic rings. The van der Waals surface area contributed by atoms with Crippen LogP contribution >= 0.6 is 0 Å². The van der Waals surface area contributed by atoms with E-state index in [9.17, 15) is 14.0 Å². The highest BCUT2D eigenvalue weighted by atomic mass is 19.1. The van der Waals surface area contributed by atoms with Crippen molar-refractivity contribution in [1.82, 2.24) is 0 Å². The maximum Gasteiger partial charge on any atom is 0.309 e. The molecule has 0 N–H and O–H groups in total. The van der Waals surface area contributed by atoms with Crippen LogP contribution in [0.25, 0.3) is 0 Å². The van der Waals surface area contributed by atoms with Crippen LogP contribution in [0, 0.1) is 11.8 Å². The van der Waals surface area contributed by atoms with E-state index in [0.717, 1.165) is 5.56 Å². The second-order valence-electron chi connectivity index (χ2n) is 6.17. The first-order valence-electron chi connectivity index (χ1n) is 7.61. The van der Waals surface area contributed by atoms with Crippen LogP contribution in [0.3, 0.4) is 0 Å². The van der Waals surface area contributed by atoms with Gasteiger partial charge in [0.05, 0.1) is 5.92 Å². The first-order chi connectivity index (χ1) is 10.6. The maximum absolute atomic E-state index is 14.0. The quantitative estimate of drug-likeness (QED) is 0.620. The van der Waals surface area contributed by atoms with Crippen molar-refractivity contribution in [3.8, 4) is 0 Å². The van der Waals surface area contributed by atoms with E-state index in [1.54, 1.807) is 0 Å². The Bertz CT molecular complexity index is 547. The predicted octanol–water partition coefficient (Wildman–Crippen LogP) is 2.80. The van der Waals surface area contributed by atoms with Crippen molar-refractivity contribution in [2.24, 2.45) is 11.8 Å². The number of benzene rings is 1. The van der Waals surface area contributed by atoms with E-state index in [-0.39, 0.29) is 18.5 Å². The van der Waals surface area contributed by atoms with Crippen molar-refractivity contribution in [2.75, 3.05) is 0 Å².